The van der Waals surface area contributed by atoms with Crippen molar-refractivity contribution in [3.8, 4) is 0 Å². The van der Waals surface area contributed by atoms with Gasteiger partial charge in [0.25, 0.3) is 5.91 Å². The van der Waals surface area contributed by atoms with Gasteiger partial charge in [0.2, 0.25) is 5.91 Å². The number of rotatable bonds is 6. The monoisotopic (exact) mass is 306 g/mol. The summed E-state index contributed by atoms with van der Waals surface area (Å²) < 4.78 is 0. The van der Waals surface area contributed by atoms with Crippen molar-refractivity contribution in [3.05, 3.63) is 29.3 Å². The number of carbonyl (C=O) groups is 3. The van der Waals surface area contributed by atoms with Gasteiger partial charge in [-0.25, -0.2) is 4.79 Å². The molecule has 1 rings (SSSR count). The van der Waals surface area contributed by atoms with Crippen molar-refractivity contribution in [1.82, 2.24) is 10.6 Å². The highest BCUT2D eigenvalue weighted by Crippen LogP contribution is 2.16. The summed E-state index contributed by atoms with van der Waals surface area (Å²) >= 11 is 0. The van der Waals surface area contributed by atoms with E-state index in [0.717, 1.165) is 5.56 Å². The Balaban J connectivity index is 2.68. The lowest BCUT2D eigenvalue weighted by Crippen LogP contribution is -2.38. The number of anilines is 1. The van der Waals surface area contributed by atoms with Crippen molar-refractivity contribution in [2.24, 2.45) is 5.73 Å². The largest absolute Gasteiger partial charge is 0.370 e. The van der Waals surface area contributed by atoms with Gasteiger partial charge >= 0.3 is 6.03 Å². The van der Waals surface area contributed by atoms with Crippen LogP contribution in [-0.4, -0.2) is 30.4 Å². The first-order valence-corrected chi connectivity index (χ1v) is 7.08. The van der Waals surface area contributed by atoms with Gasteiger partial charge in [0.05, 0.1) is 0 Å². The summed E-state index contributed by atoms with van der Waals surface area (Å²) in [5, 5.41) is 8.00. The van der Waals surface area contributed by atoms with E-state index >= 15 is 0 Å². The van der Waals surface area contributed by atoms with E-state index in [9.17, 15) is 14.4 Å². The second kappa shape index (κ2) is 8.02. The Morgan fingerprint density at radius 2 is 1.95 bits per heavy atom. The molecule has 0 spiro atoms. The highest BCUT2D eigenvalue weighted by molar-refractivity contribution is 5.96. The number of primary amides is 1. The summed E-state index contributed by atoms with van der Waals surface area (Å²) in [7, 11) is 0. The van der Waals surface area contributed by atoms with E-state index in [4.69, 9.17) is 5.73 Å². The molecule has 1 atom stereocenters. The zero-order valence-electron chi connectivity index (χ0n) is 13.0. The Kier molecular flexibility index (Phi) is 6.37. The molecule has 0 aliphatic rings. The molecular weight excluding hydrogens is 284 g/mol. The van der Waals surface area contributed by atoms with Gasteiger partial charge in [0.1, 0.15) is 0 Å². The molecule has 0 bridgehead atoms. The number of aryl methyl sites for hydroxylation is 1. The van der Waals surface area contributed by atoms with Crippen LogP contribution >= 0.6 is 0 Å². The van der Waals surface area contributed by atoms with Gasteiger partial charge < -0.3 is 21.7 Å². The van der Waals surface area contributed by atoms with E-state index in [1.54, 1.807) is 32.0 Å². The normalized spacial score (nSPS) is 11.4. The molecule has 0 aromatic heterocycles. The molecule has 0 saturated carbocycles. The number of nitrogens with one attached hydrogen (secondary N) is 3. The van der Waals surface area contributed by atoms with Crippen LogP contribution < -0.4 is 21.7 Å². The molecule has 22 heavy (non-hydrogen) atoms. The van der Waals surface area contributed by atoms with Gasteiger partial charge in [-0.3, -0.25) is 9.59 Å². The van der Waals surface area contributed by atoms with Crippen LogP contribution in [0.3, 0.4) is 0 Å². The second-order valence-corrected chi connectivity index (χ2v) is 5.06. The topological polar surface area (TPSA) is 113 Å². The van der Waals surface area contributed by atoms with Crippen LogP contribution in [0, 0.1) is 6.92 Å². The molecule has 7 nitrogen and oxygen atoms in total. The molecule has 0 saturated heterocycles. The minimum absolute atomic E-state index is 0.0720. The van der Waals surface area contributed by atoms with E-state index in [1.165, 1.54) is 0 Å². The Bertz CT molecular complexity index is 572. The third-order valence-corrected chi connectivity index (χ3v) is 2.96. The zero-order chi connectivity index (χ0) is 16.7. The molecule has 0 aliphatic heterocycles. The second-order valence-electron chi connectivity index (χ2n) is 5.06. The van der Waals surface area contributed by atoms with Crippen molar-refractivity contribution in [3.63, 3.8) is 0 Å². The molecule has 0 heterocycles. The summed E-state index contributed by atoms with van der Waals surface area (Å²) in [4.78, 5) is 34.3. The molecule has 1 aromatic carbocycles. The third kappa shape index (κ3) is 5.43. The van der Waals surface area contributed by atoms with Crippen molar-refractivity contribution in [2.45, 2.75) is 33.2 Å². The maximum atomic E-state index is 11.8. The quantitative estimate of drug-likeness (QED) is 0.631. The summed E-state index contributed by atoms with van der Waals surface area (Å²) in [6, 6.07) is 4.22. The Morgan fingerprint density at radius 3 is 2.50 bits per heavy atom. The summed E-state index contributed by atoms with van der Waals surface area (Å²) in [6.07, 6.45) is 0.0720. The number of hydrogen-bond acceptors (Lipinski definition) is 3. The predicted molar refractivity (Wildman–Crippen MR) is 84.6 cm³/mol. The first-order chi connectivity index (χ1) is 10.3. The van der Waals surface area contributed by atoms with Gasteiger partial charge in [-0.05, 0) is 44.5 Å². The van der Waals surface area contributed by atoms with Crippen molar-refractivity contribution in [2.75, 3.05) is 11.9 Å². The van der Waals surface area contributed by atoms with Gasteiger partial charge in [0.15, 0.2) is 0 Å². The lowest BCUT2D eigenvalue weighted by atomic mass is 10.1. The SMILES string of the molecule is CCNC(=O)c1ccc(NC(=O)N[C@H](C)CC(N)=O)c(C)c1. The van der Waals surface area contributed by atoms with E-state index in [-0.39, 0.29) is 18.4 Å². The van der Waals surface area contributed by atoms with Gasteiger partial charge in [-0.15, -0.1) is 0 Å². The first kappa shape index (κ1) is 17.5. The molecule has 0 radical (unpaired) electrons. The zero-order valence-corrected chi connectivity index (χ0v) is 13.0. The highest BCUT2D eigenvalue weighted by Gasteiger charge is 2.12. The Labute approximate surface area is 129 Å². The highest BCUT2D eigenvalue weighted by atomic mass is 16.2. The summed E-state index contributed by atoms with van der Waals surface area (Å²) in [5.74, 6) is -0.632. The van der Waals surface area contributed by atoms with Gasteiger partial charge in [-0.1, -0.05) is 0 Å². The van der Waals surface area contributed by atoms with E-state index in [1.807, 2.05) is 6.92 Å². The van der Waals surface area contributed by atoms with E-state index in [2.05, 4.69) is 16.0 Å². The van der Waals surface area contributed by atoms with Crippen molar-refractivity contribution < 1.29 is 14.4 Å². The molecule has 0 unspecified atom stereocenters. The van der Waals surface area contributed by atoms with Crippen LogP contribution in [0.15, 0.2) is 18.2 Å². The van der Waals surface area contributed by atoms with Crippen LogP contribution in [0.25, 0.3) is 0 Å². The number of nitrogens with two attached hydrogens (primary N) is 1. The fourth-order valence-electron chi connectivity index (χ4n) is 1.94. The minimum Gasteiger partial charge on any atom is -0.370 e. The van der Waals surface area contributed by atoms with E-state index < -0.39 is 11.9 Å². The Morgan fingerprint density at radius 1 is 1.27 bits per heavy atom. The summed E-state index contributed by atoms with van der Waals surface area (Å²) in [5.41, 5.74) is 6.96. The van der Waals surface area contributed by atoms with Crippen LogP contribution in [0.2, 0.25) is 0 Å². The molecule has 120 valence electrons. The molecule has 0 fully saturated rings. The van der Waals surface area contributed by atoms with Crippen LogP contribution in [-0.2, 0) is 4.79 Å². The fraction of sp³-hybridized carbons (Fsp3) is 0.400. The van der Waals surface area contributed by atoms with Crippen LogP contribution in [0.5, 0.6) is 0 Å². The average Bonchev–Trinajstić information content (AvgIpc) is 2.40. The molecule has 1 aromatic rings. The molecule has 5 N–H and O–H groups in total. The molecule has 0 aliphatic carbocycles. The summed E-state index contributed by atoms with van der Waals surface area (Å²) in [6.45, 7) is 5.89. The standard InChI is InChI=1S/C15H22N4O3/c1-4-17-14(21)11-5-6-12(9(2)7-11)19-15(22)18-10(3)8-13(16)20/h5-7,10H,4,8H2,1-3H3,(H2,16,20)(H,17,21)(H2,18,19,22)/t10-/m1/s1. The van der Waals surface area contributed by atoms with Crippen LogP contribution in [0.1, 0.15) is 36.2 Å². The third-order valence-electron chi connectivity index (χ3n) is 2.96. The predicted octanol–water partition coefficient (Wildman–Crippen LogP) is 1.13. The first-order valence-electron chi connectivity index (χ1n) is 7.08. The fourth-order valence-corrected chi connectivity index (χ4v) is 1.94. The maximum Gasteiger partial charge on any atom is 0.319 e. The molecule has 4 amide bonds. The minimum atomic E-state index is -0.477. The smallest absolute Gasteiger partial charge is 0.319 e. The van der Waals surface area contributed by atoms with Gasteiger partial charge in [0, 0.05) is 30.3 Å². The van der Waals surface area contributed by atoms with E-state index in [0.29, 0.717) is 17.8 Å². The number of hydrogen-bond donors (Lipinski definition) is 4. The number of urea groups is 1. The lowest BCUT2D eigenvalue weighted by Gasteiger charge is -2.14. The average molecular weight is 306 g/mol. The lowest BCUT2D eigenvalue weighted by molar-refractivity contribution is -0.118. The van der Waals surface area contributed by atoms with Crippen molar-refractivity contribution in [1.29, 1.82) is 0 Å². The van der Waals surface area contributed by atoms with Crippen molar-refractivity contribution >= 4 is 23.5 Å². The van der Waals surface area contributed by atoms with Crippen LogP contribution in [0.4, 0.5) is 10.5 Å². The number of carbonyl (C=O) groups excluding carboxylic acids is 3. The Hall–Kier alpha value is -2.57. The molecular formula is C15H22N4O3. The maximum absolute atomic E-state index is 11.8. The van der Waals surface area contributed by atoms with Gasteiger partial charge in [-0.2, -0.15) is 0 Å². The number of amides is 4. The number of benzene rings is 1. The molecule has 7 heteroatoms.